The molecule has 2 aliphatic rings. The zero-order chi connectivity index (χ0) is 31.3. The highest BCUT2D eigenvalue weighted by Gasteiger charge is 2.48. The Balaban J connectivity index is 1.44. The Morgan fingerprint density at radius 2 is 1.77 bits per heavy atom. The van der Waals surface area contributed by atoms with E-state index in [9.17, 15) is 34.8 Å². The number of benzene rings is 2. The number of aliphatic hydroxyl groups is 3. The molecule has 0 radical (unpaired) electrons. The number of carboxylic acids is 2. The van der Waals surface area contributed by atoms with Gasteiger partial charge >= 0.3 is 11.9 Å². The summed E-state index contributed by atoms with van der Waals surface area (Å²) >= 11 is 0. The first-order valence-corrected chi connectivity index (χ1v) is 14.3. The van der Waals surface area contributed by atoms with Crippen molar-refractivity contribution in [1.29, 1.82) is 0 Å². The Kier molecular flexibility index (Phi) is 10.4. The van der Waals surface area contributed by atoms with Gasteiger partial charge in [0, 0.05) is 13.1 Å². The summed E-state index contributed by atoms with van der Waals surface area (Å²) in [6.07, 6.45) is -7.26. The van der Waals surface area contributed by atoms with Crippen molar-refractivity contribution in [2.45, 2.75) is 62.8 Å². The van der Waals surface area contributed by atoms with Crippen LogP contribution in [-0.2, 0) is 31.0 Å². The van der Waals surface area contributed by atoms with Crippen LogP contribution in [0.4, 0.5) is 0 Å². The average Bonchev–Trinajstić information content (AvgIpc) is 2.98. The minimum Gasteiger partial charge on any atom is -0.480 e. The number of rotatable bonds is 11. The first-order chi connectivity index (χ1) is 20.4. The smallest absolute Gasteiger partial charge is 0.335 e. The second kappa shape index (κ2) is 13.8. The van der Waals surface area contributed by atoms with Gasteiger partial charge in [0.2, 0.25) is 12.2 Å². The fraction of sp³-hybridized carbons (Fsp3) is 0.516. The summed E-state index contributed by atoms with van der Waals surface area (Å²) in [5.74, 6) is -2.86. The quantitative estimate of drug-likeness (QED) is 0.212. The number of carbonyl (C=O) groups excluding carboxylic acids is 1. The molecule has 0 aliphatic carbocycles. The lowest BCUT2D eigenvalue weighted by Gasteiger charge is -2.46. The molecule has 8 atom stereocenters. The Bertz CT molecular complexity index is 1280. The molecule has 2 aliphatic heterocycles. The second-order valence-corrected chi connectivity index (χ2v) is 11.7. The van der Waals surface area contributed by atoms with E-state index in [1.807, 2.05) is 36.4 Å². The number of aliphatic hydroxyl groups excluding tert-OH is 3. The molecule has 2 aromatic carbocycles. The second-order valence-electron chi connectivity index (χ2n) is 11.7. The molecule has 12 nitrogen and oxygen atoms in total. The maximum absolute atomic E-state index is 13.0. The van der Waals surface area contributed by atoms with Crippen LogP contribution in [0.2, 0.25) is 0 Å². The van der Waals surface area contributed by atoms with Crippen LogP contribution in [0.1, 0.15) is 31.4 Å². The van der Waals surface area contributed by atoms with Crippen LogP contribution in [0.3, 0.4) is 0 Å². The zero-order valence-corrected chi connectivity index (χ0v) is 24.2. The van der Waals surface area contributed by atoms with E-state index in [0.717, 1.165) is 17.5 Å². The Morgan fingerprint density at radius 3 is 2.42 bits per heavy atom. The zero-order valence-electron chi connectivity index (χ0n) is 24.2. The van der Waals surface area contributed by atoms with E-state index < -0.39 is 55.1 Å². The number of piperidine rings is 1. The molecule has 2 aromatic rings. The first-order valence-electron chi connectivity index (χ1n) is 14.3. The number of likely N-dealkylation sites (tertiary alicyclic amines) is 1. The number of hydrogen-bond donors (Lipinski definition) is 6. The van der Waals surface area contributed by atoms with Crippen molar-refractivity contribution in [2.24, 2.45) is 11.8 Å². The normalized spacial score (nSPS) is 30.3. The maximum atomic E-state index is 13.0. The average molecular weight is 601 g/mol. The van der Waals surface area contributed by atoms with E-state index in [2.05, 4.69) is 24.1 Å². The first kappa shape index (κ1) is 32.4. The molecule has 234 valence electrons. The molecule has 43 heavy (non-hydrogen) atoms. The van der Waals surface area contributed by atoms with Gasteiger partial charge in [-0.25, -0.2) is 4.79 Å². The van der Waals surface area contributed by atoms with Crippen molar-refractivity contribution >= 4 is 17.8 Å². The number of ether oxygens (including phenoxy) is 2. The number of nitrogens with zero attached hydrogens (tertiary/aromatic N) is 1. The third kappa shape index (κ3) is 7.70. The predicted octanol–water partition coefficient (Wildman–Crippen LogP) is 0.617. The summed E-state index contributed by atoms with van der Waals surface area (Å²) in [4.78, 5) is 37.7. The summed E-state index contributed by atoms with van der Waals surface area (Å²) < 4.78 is 11.0. The molecular formula is C31H40N2O10. The lowest BCUT2D eigenvalue weighted by molar-refractivity contribution is -0.271. The lowest BCUT2D eigenvalue weighted by Crippen LogP contribution is -2.61. The molecule has 0 bridgehead atoms. The van der Waals surface area contributed by atoms with Gasteiger partial charge in [-0.15, -0.1) is 0 Å². The minimum atomic E-state index is -1.81. The van der Waals surface area contributed by atoms with Gasteiger partial charge in [0.05, 0.1) is 5.92 Å². The Hall–Kier alpha value is -3.55. The SMILES string of the molecule is C[C@H]1CN(C[C@H](Cc2ccccc2)C(=O)NCC(=O)O)CC[C@@]1(C)c1cccc(O[C@@H]2O[C@H](C(=O)O)[C@@H](O)[C@H](O)[C@H]2O)c1. The van der Waals surface area contributed by atoms with Crippen molar-refractivity contribution in [3.8, 4) is 5.75 Å². The van der Waals surface area contributed by atoms with Gasteiger partial charge in [0.15, 0.2) is 6.10 Å². The van der Waals surface area contributed by atoms with Gasteiger partial charge in [-0.05, 0) is 54.0 Å². The maximum Gasteiger partial charge on any atom is 0.335 e. The van der Waals surface area contributed by atoms with E-state index in [1.54, 1.807) is 18.2 Å². The lowest BCUT2D eigenvalue weighted by atomic mass is 9.68. The highest BCUT2D eigenvalue weighted by atomic mass is 16.7. The Morgan fingerprint density at radius 1 is 1.05 bits per heavy atom. The van der Waals surface area contributed by atoms with Gasteiger partial charge in [-0.3, -0.25) is 9.59 Å². The number of amides is 1. The molecule has 2 fully saturated rings. The molecule has 1 amide bonds. The molecule has 0 spiro atoms. The highest BCUT2D eigenvalue weighted by molar-refractivity contribution is 5.83. The minimum absolute atomic E-state index is 0.140. The van der Waals surface area contributed by atoms with Crippen LogP contribution in [0.5, 0.6) is 5.75 Å². The van der Waals surface area contributed by atoms with E-state index in [-0.39, 0.29) is 17.2 Å². The standard InChI is InChI=1S/C31H40N2O10/c1-18-16-33(17-20(28(39)32-15-23(34)35)13-19-7-4-3-5-8-19)12-11-31(18,2)21-9-6-10-22(14-21)42-30-26(38)24(36)25(37)27(43-30)29(40)41/h3-10,14,18,20,24-27,30,36-38H,11-13,15-17H2,1-2H3,(H,32,39)(H,34,35)(H,40,41)/t18-,20-,24-,25-,26+,27-,30+,31+/m0/s1. The van der Waals surface area contributed by atoms with Crippen molar-refractivity contribution < 1.29 is 49.4 Å². The fourth-order valence-corrected chi connectivity index (χ4v) is 5.88. The molecule has 2 heterocycles. The van der Waals surface area contributed by atoms with Crippen molar-refractivity contribution in [3.63, 3.8) is 0 Å². The molecule has 12 heteroatoms. The highest BCUT2D eigenvalue weighted by Crippen LogP contribution is 2.41. The van der Waals surface area contributed by atoms with Gasteiger partial charge in [0.1, 0.15) is 30.6 Å². The summed E-state index contributed by atoms with van der Waals surface area (Å²) in [5.41, 5.74) is 1.66. The van der Waals surface area contributed by atoms with Gasteiger partial charge in [-0.2, -0.15) is 0 Å². The van der Waals surface area contributed by atoms with Crippen molar-refractivity contribution in [2.75, 3.05) is 26.2 Å². The number of aliphatic carboxylic acids is 2. The molecule has 2 saturated heterocycles. The number of carboxylic acid groups (broad SMARTS) is 2. The van der Waals surface area contributed by atoms with Crippen LogP contribution in [0, 0.1) is 11.8 Å². The summed E-state index contributed by atoms with van der Waals surface area (Å²) in [6.45, 7) is 5.68. The van der Waals surface area contributed by atoms with Crippen LogP contribution in [0.15, 0.2) is 54.6 Å². The van der Waals surface area contributed by atoms with Gasteiger partial charge in [-0.1, -0.05) is 56.3 Å². The third-order valence-corrected chi connectivity index (χ3v) is 8.71. The molecule has 0 aromatic heterocycles. The van der Waals surface area contributed by atoms with E-state index in [0.29, 0.717) is 31.8 Å². The number of nitrogens with one attached hydrogen (secondary N) is 1. The Labute approximate surface area is 249 Å². The predicted molar refractivity (Wildman–Crippen MR) is 153 cm³/mol. The summed E-state index contributed by atoms with van der Waals surface area (Å²) in [6, 6.07) is 16.8. The van der Waals surface area contributed by atoms with Gasteiger partial charge < -0.3 is 45.2 Å². The van der Waals surface area contributed by atoms with Crippen LogP contribution >= 0.6 is 0 Å². The summed E-state index contributed by atoms with van der Waals surface area (Å²) in [5, 5.41) is 51.3. The molecule has 0 saturated carbocycles. The molecule has 4 rings (SSSR count). The number of hydrogen-bond acceptors (Lipinski definition) is 9. The topological polar surface area (TPSA) is 186 Å². The molecule has 6 N–H and O–H groups in total. The van der Waals surface area contributed by atoms with Crippen LogP contribution in [0.25, 0.3) is 0 Å². The van der Waals surface area contributed by atoms with Crippen LogP contribution in [-0.4, -0.2) is 105 Å². The molecular weight excluding hydrogens is 560 g/mol. The van der Waals surface area contributed by atoms with E-state index >= 15 is 0 Å². The monoisotopic (exact) mass is 600 g/mol. The van der Waals surface area contributed by atoms with Crippen molar-refractivity contribution in [3.05, 3.63) is 65.7 Å². The van der Waals surface area contributed by atoms with Gasteiger partial charge in [0.25, 0.3) is 0 Å². The van der Waals surface area contributed by atoms with Crippen molar-refractivity contribution in [1.82, 2.24) is 10.2 Å². The largest absolute Gasteiger partial charge is 0.480 e. The molecule has 0 unspecified atom stereocenters. The van der Waals surface area contributed by atoms with E-state index in [4.69, 9.17) is 14.6 Å². The van der Waals surface area contributed by atoms with Crippen LogP contribution < -0.4 is 10.1 Å². The summed E-state index contributed by atoms with van der Waals surface area (Å²) in [7, 11) is 0. The third-order valence-electron chi connectivity index (χ3n) is 8.71. The van der Waals surface area contributed by atoms with E-state index in [1.165, 1.54) is 0 Å². The number of carbonyl (C=O) groups is 3. The fourth-order valence-electron chi connectivity index (χ4n) is 5.88.